The number of nitrogens with one attached hydrogen (secondary N) is 1. The highest BCUT2D eigenvalue weighted by Crippen LogP contribution is 2.20. The van der Waals surface area contributed by atoms with Gasteiger partial charge in [-0.3, -0.25) is 4.98 Å². The van der Waals surface area contributed by atoms with Crippen molar-refractivity contribution in [3.63, 3.8) is 0 Å². The molecule has 0 amide bonds. The monoisotopic (exact) mass is 288 g/mol. The van der Waals surface area contributed by atoms with Crippen LogP contribution in [0.4, 0.5) is 0 Å². The van der Waals surface area contributed by atoms with E-state index >= 15 is 0 Å². The molecular formula is C10H12N2O4S2. The predicted molar refractivity (Wildman–Crippen MR) is 65.5 cm³/mol. The van der Waals surface area contributed by atoms with Gasteiger partial charge in [0.05, 0.1) is 5.51 Å². The quantitative estimate of drug-likeness (QED) is 0.856. The first kappa shape index (κ1) is 13.2. The molecule has 18 heavy (non-hydrogen) atoms. The van der Waals surface area contributed by atoms with E-state index < -0.39 is 10.0 Å². The minimum Gasteiger partial charge on any atom is -0.462 e. The van der Waals surface area contributed by atoms with Gasteiger partial charge in [0.15, 0.2) is 0 Å². The number of nitrogens with zero attached hydrogens (tertiary/aromatic N) is 1. The largest absolute Gasteiger partial charge is 0.462 e. The van der Waals surface area contributed by atoms with E-state index in [4.69, 9.17) is 9.52 Å². The van der Waals surface area contributed by atoms with Gasteiger partial charge in [0.1, 0.15) is 23.0 Å². The second kappa shape index (κ2) is 5.19. The van der Waals surface area contributed by atoms with Crippen LogP contribution in [-0.2, 0) is 23.2 Å². The van der Waals surface area contributed by atoms with Crippen molar-refractivity contribution in [3.05, 3.63) is 34.2 Å². The molecule has 0 radical (unpaired) electrons. The summed E-state index contributed by atoms with van der Waals surface area (Å²) in [6, 6.07) is 1.32. The zero-order valence-electron chi connectivity index (χ0n) is 9.58. The molecule has 0 saturated heterocycles. The second-order valence-electron chi connectivity index (χ2n) is 3.58. The Morgan fingerprint density at radius 1 is 1.56 bits per heavy atom. The number of aliphatic hydroxyl groups is 1. The maximum absolute atomic E-state index is 12.0. The Balaban J connectivity index is 2.17. The first-order valence-electron chi connectivity index (χ1n) is 5.10. The van der Waals surface area contributed by atoms with Crippen LogP contribution in [0.5, 0.6) is 0 Å². The SMILES string of the molecule is Cc1oc(CO)cc1S(=O)(=O)NCc1cncs1. The summed E-state index contributed by atoms with van der Waals surface area (Å²) in [4.78, 5) is 4.74. The zero-order valence-corrected chi connectivity index (χ0v) is 11.2. The van der Waals surface area contributed by atoms with Crippen LogP contribution in [-0.4, -0.2) is 18.5 Å². The Hall–Kier alpha value is -1.22. The van der Waals surface area contributed by atoms with Crippen molar-refractivity contribution in [2.45, 2.75) is 25.0 Å². The summed E-state index contributed by atoms with van der Waals surface area (Å²) >= 11 is 1.37. The summed E-state index contributed by atoms with van der Waals surface area (Å²) in [6.07, 6.45) is 1.61. The van der Waals surface area contributed by atoms with Crippen LogP contribution in [0.2, 0.25) is 0 Å². The molecule has 2 heterocycles. The first-order valence-corrected chi connectivity index (χ1v) is 7.46. The van der Waals surface area contributed by atoms with Crippen LogP contribution in [0.15, 0.2) is 27.1 Å². The highest BCUT2D eigenvalue weighted by atomic mass is 32.2. The lowest BCUT2D eigenvalue weighted by Crippen LogP contribution is -2.23. The molecule has 8 heteroatoms. The van der Waals surface area contributed by atoms with Crippen LogP contribution in [0.25, 0.3) is 0 Å². The van der Waals surface area contributed by atoms with Gasteiger partial charge in [-0.1, -0.05) is 0 Å². The van der Waals surface area contributed by atoms with E-state index in [1.54, 1.807) is 18.6 Å². The Morgan fingerprint density at radius 3 is 2.89 bits per heavy atom. The molecule has 2 N–H and O–H groups in total. The lowest BCUT2D eigenvalue weighted by molar-refractivity contribution is 0.244. The molecule has 2 aromatic rings. The first-order chi connectivity index (χ1) is 8.53. The minimum atomic E-state index is -3.63. The summed E-state index contributed by atoms with van der Waals surface area (Å²) in [5, 5.41) is 8.91. The van der Waals surface area contributed by atoms with E-state index in [9.17, 15) is 8.42 Å². The van der Waals surface area contributed by atoms with Gasteiger partial charge >= 0.3 is 0 Å². The number of thiazole rings is 1. The third-order valence-corrected chi connectivity index (χ3v) is 4.58. The molecule has 0 spiro atoms. The maximum Gasteiger partial charge on any atom is 0.244 e. The van der Waals surface area contributed by atoms with Gasteiger partial charge in [0, 0.05) is 23.7 Å². The summed E-state index contributed by atoms with van der Waals surface area (Å²) in [5.74, 6) is 0.488. The fraction of sp³-hybridized carbons (Fsp3) is 0.300. The number of aliphatic hydroxyl groups excluding tert-OH is 1. The minimum absolute atomic E-state index is 0.0519. The number of hydrogen-bond acceptors (Lipinski definition) is 6. The summed E-state index contributed by atoms with van der Waals surface area (Å²) in [6.45, 7) is 1.40. The van der Waals surface area contributed by atoms with Crippen LogP contribution >= 0.6 is 11.3 Å². The standard InChI is InChI=1S/C10H12N2O4S2/c1-7-10(2-8(5-13)16-7)18(14,15)12-4-9-3-11-6-17-9/h2-3,6,12-13H,4-5H2,1H3. The van der Waals surface area contributed by atoms with E-state index in [1.165, 1.54) is 17.4 Å². The average Bonchev–Trinajstić information content (AvgIpc) is 2.95. The number of sulfonamides is 1. The second-order valence-corrected chi connectivity index (χ2v) is 6.29. The topological polar surface area (TPSA) is 92.4 Å². The Kier molecular flexibility index (Phi) is 3.81. The molecule has 6 nitrogen and oxygen atoms in total. The molecule has 0 aliphatic carbocycles. The molecule has 0 fully saturated rings. The van der Waals surface area contributed by atoms with Crippen molar-refractivity contribution in [2.24, 2.45) is 0 Å². The third kappa shape index (κ3) is 2.78. The van der Waals surface area contributed by atoms with Crippen molar-refractivity contribution >= 4 is 21.4 Å². The third-order valence-electron chi connectivity index (χ3n) is 2.29. The highest BCUT2D eigenvalue weighted by Gasteiger charge is 2.21. The summed E-state index contributed by atoms with van der Waals surface area (Å²) in [5.41, 5.74) is 1.64. The van der Waals surface area contributed by atoms with Crippen molar-refractivity contribution in [1.82, 2.24) is 9.71 Å². The maximum atomic E-state index is 12.0. The fourth-order valence-electron chi connectivity index (χ4n) is 1.44. The summed E-state index contributed by atoms with van der Waals surface area (Å²) < 4.78 is 31.6. The van der Waals surface area contributed by atoms with Gasteiger partial charge in [-0.15, -0.1) is 11.3 Å². The molecule has 0 aliphatic heterocycles. The zero-order chi connectivity index (χ0) is 13.2. The molecule has 0 bridgehead atoms. The van der Waals surface area contributed by atoms with Crippen LogP contribution in [0, 0.1) is 6.92 Å². The van der Waals surface area contributed by atoms with Crippen molar-refractivity contribution in [2.75, 3.05) is 0 Å². The number of furan rings is 1. The lowest BCUT2D eigenvalue weighted by Gasteiger charge is -2.03. The Labute approximate surface area is 108 Å². The van der Waals surface area contributed by atoms with Gasteiger partial charge in [-0.2, -0.15) is 0 Å². The Morgan fingerprint density at radius 2 is 2.33 bits per heavy atom. The van der Waals surface area contributed by atoms with Crippen molar-refractivity contribution in [1.29, 1.82) is 0 Å². The van der Waals surface area contributed by atoms with E-state index in [0.29, 0.717) is 0 Å². The molecule has 0 aliphatic rings. The van der Waals surface area contributed by atoms with Crippen molar-refractivity contribution in [3.8, 4) is 0 Å². The number of rotatable bonds is 5. The molecule has 0 aromatic carbocycles. The molecule has 2 rings (SSSR count). The average molecular weight is 288 g/mol. The molecule has 98 valence electrons. The van der Waals surface area contributed by atoms with E-state index in [1.807, 2.05) is 0 Å². The smallest absolute Gasteiger partial charge is 0.244 e. The molecule has 2 aromatic heterocycles. The van der Waals surface area contributed by atoms with Crippen LogP contribution in [0.1, 0.15) is 16.4 Å². The van der Waals surface area contributed by atoms with Gasteiger partial charge in [-0.05, 0) is 6.92 Å². The number of aromatic nitrogens is 1. The molecular weight excluding hydrogens is 276 g/mol. The van der Waals surface area contributed by atoms with Crippen LogP contribution in [0.3, 0.4) is 0 Å². The van der Waals surface area contributed by atoms with Gasteiger partial charge < -0.3 is 9.52 Å². The fourth-order valence-corrected chi connectivity index (χ4v) is 3.28. The van der Waals surface area contributed by atoms with E-state index in [2.05, 4.69) is 9.71 Å². The molecule has 0 saturated carbocycles. The summed E-state index contributed by atoms with van der Waals surface area (Å²) in [7, 11) is -3.63. The van der Waals surface area contributed by atoms with Crippen molar-refractivity contribution < 1.29 is 17.9 Å². The number of aryl methyl sites for hydroxylation is 1. The predicted octanol–water partition coefficient (Wildman–Crippen LogP) is 1.02. The Bertz CT molecular complexity index is 616. The van der Waals surface area contributed by atoms with Gasteiger partial charge in [0.2, 0.25) is 10.0 Å². The van der Waals surface area contributed by atoms with Gasteiger partial charge in [0.25, 0.3) is 0 Å². The molecule has 0 atom stereocenters. The van der Waals surface area contributed by atoms with E-state index in [0.717, 1.165) is 4.88 Å². The normalized spacial score (nSPS) is 11.9. The highest BCUT2D eigenvalue weighted by molar-refractivity contribution is 7.89. The molecule has 0 unspecified atom stereocenters. The van der Waals surface area contributed by atoms with Crippen LogP contribution < -0.4 is 4.72 Å². The number of hydrogen-bond donors (Lipinski definition) is 2. The van der Waals surface area contributed by atoms with E-state index in [-0.39, 0.29) is 29.6 Å². The lowest BCUT2D eigenvalue weighted by atomic mass is 10.4. The van der Waals surface area contributed by atoms with Gasteiger partial charge in [-0.25, -0.2) is 13.1 Å².